The molecule has 0 aliphatic heterocycles. The monoisotopic (exact) mass is 610 g/mol. The Bertz CT molecular complexity index is 1780. The molecule has 0 saturated heterocycles. The minimum Gasteiger partial charge on any atom is -0.453 e. The molecule has 0 saturated carbocycles. The van der Waals surface area contributed by atoms with Crippen molar-refractivity contribution >= 4 is 22.7 Å². The van der Waals surface area contributed by atoms with Crippen LogP contribution in [0, 0.1) is 0 Å². The maximum Gasteiger partial charge on any atom is 0.173 e. The lowest BCUT2D eigenvalue weighted by atomic mass is 9.91. The molecule has 8 heteroatoms. The molecular formula is C38H34N4O4. The van der Waals surface area contributed by atoms with Gasteiger partial charge in [-0.3, -0.25) is 0 Å². The molecule has 0 aliphatic carbocycles. The van der Waals surface area contributed by atoms with Gasteiger partial charge in [0.15, 0.2) is 23.0 Å². The van der Waals surface area contributed by atoms with Crippen LogP contribution in [-0.2, 0) is 0 Å². The van der Waals surface area contributed by atoms with Crippen LogP contribution in [0.1, 0.15) is 24.0 Å². The molecule has 0 bridgehead atoms. The zero-order valence-corrected chi connectivity index (χ0v) is 25.2. The molecule has 8 nitrogen and oxygen atoms in total. The van der Waals surface area contributed by atoms with Crippen molar-refractivity contribution in [3.63, 3.8) is 0 Å². The van der Waals surface area contributed by atoms with E-state index in [2.05, 4.69) is 6.92 Å². The average Bonchev–Trinajstić information content (AvgIpc) is 3.06. The fourth-order valence-corrected chi connectivity index (χ4v) is 4.93. The van der Waals surface area contributed by atoms with E-state index in [4.69, 9.17) is 41.9 Å². The smallest absolute Gasteiger partial charge is 0.173 e. The molecule has 0 aliphatic rings. The summed E-state index contributed by atoms with van der Waals surface area (Å²) in [5, 5.41) is 0. The summed E-state index contributed by atoms with van der Waals surface area (Å²) in [6, 6.07) is 40.5. The van der Waals surface area contributed by atoms with Gasteiger partial charge in [0, 0.05) is 39.8 Å². The molecule has 6 rings (SSSR count). The van der Waals surface area contributed by atoms with Crippen LogP contribution >= 0.6 is 0 Å². The van der Waals surface area contributed by atoms with Gasteiger partial charge in [0.1, 0.15) is 23.0 Å². The van der Waals surface area contributed by atoms with Crippen LogP contribution in [0.2, 0.25) is 0 Å². The Hall–Kier alpha value is -6.28. The molecular weight excluding hydrogens is 576 g/mol. The van der Waals surface area contributed by atoms with E-state index < -0.39 is 0 Å². The second-order valence-corrected chi connectivity index (χ2v) is 10.8. The van der Waals surface area contributed by atoms with Crippen LogP contribution in [-0.4, -0.2) is 0 Å². The predicted molar refractivity (Wildman–Crippen MR) is 184 cm³/mol. The van der Waals surface area contributed by atoms with Crippen molar-refractivity contribution in [2.24, 2.45) is 0 Å². The zero-order valence-electron chi connectivity index (χ0n) is 25.2. The van der Waals surface area contributed by atoms with E-state index in [1.165, 1.54) is 0 Å². The molecule has 6 aromatic rings. The summed E-state index contributed by atoms with van der Waals surface area (Å²) in [4.78, 5) is 0. The van der Waals surface area contributed by atoms with Crippen molar-refractivity contribution < 1.29 is 18.9 Å². The lowest BCUT2D eigenvalue weighted by molar-refractivity contribution is 0.407. The Morgan fingerprint density at radius 3 is 0.957 bits per heavy atom. The Kier molecular flexibility index (Phi) is 8.51. The first-order valence-corrected chi connectivity index (χ1v) is 14.7. The maximum absolute atomic E-state index is 6.54. The molecule has 0 unspecified atom stereocenters. The van der Waals surface area contributed by atoms with Gasteiger partial charge in [-0.15, -0.1) is 0 Å². The van der Waals surface area contributed by atoms with Gasteiger partial charge in [0.2, 0.25) is 0 Å². The molecule has 6 aromatic carbocycles. The number of rotatable bonds is 10. The first-order chi connectivity index (χ1) is 22.3. The number of benzene rings is 6. The van der Waals surface area contributed by atoms with Crippen molar-refractivity contribution in [1.82, 2.24) is 0 Å². The second kappa shape index (κ2) is 13.2. The zero-order chi connectivity index (χ0) is 32.0. The van der Waals surface area contributed by atoms with Crippen molar-refractivity contribution in [2.45, 2.75) is 12.8 Å². The van der Waals surface area contributed by atoms with Crippen molar-refractivity contribution in [3.05, 3.63) is 145 Å². The fourth-order valence-electron chi connectivity index (χ4n) is 4.93. The molecule has 0 amide bonds. The number of nitrogen functional groups attached to an aromatic ring is 4. The van der Waals surface area contributed by atoms with E-state index >= 15 is 0 Å². The van der Waals surface area contributed by atoms with E-state index in [-0.39, 0.29) is 5.92 Å². The standard InChI is InChI=1S/C38H34N4O4/c1-24(33-4-2-6-35(43-29-16-8-25(39)9-17-29)37(33)45-31-20-12-27(41)13-21-31)34-5-3-7-36(44-30-18-10-26(40)11-19-30)38(34)46-32-22-14-28(42)15-23-32/h2-24H,39-42H2,1H3. The molecule has 0 fully saturated rings. The van der Waals surface area contributed by atoms with Gasteiger partial charge in [0.05, 0.1) is 0 Å². The molecule has 0 spiro atoms. The third-order valence-electron chi connectivity index (χ3n) is 7.37. The third kappa shape index (κ3) is 6.92. The number of hydrogen-bond donors (Lipinski definition) is 4. The minimum absolute atomic E-state index is 0.252. The number of hydrogen-bond acceptors (Lipinski definition) is 8. The fraction of sp³-hybridized carbons (Fsp3) is 0.0526. The molecule has 46 heavy (non-hydrogen) atoms. The van der Waals surface area contributed by atoms with Crippen molar-refractivity contribution in [1.29, 1.82) is 0 Å². The summed E-state index contributed by atoms with van der Waals surface area (Å²) >= 11 is 0. The van der Waals surface area contributed by atoms with Crippen LogP contribution in [0.5, 0.6) is 46.0 Å². The largest absolute Gasteiger partial charge is 0.453 e. The van der Waals surface area contributed by atoms with E-state index in [0.29, 0.717) is 68.7 Å². The molecule has 230 valence electrons. The SMILES string of the molecule is CC(c1cccc(Oc2ccc(N)cc2)c1Oc1ccc(N)cc1)c1cccc(Oc2ccc(N)cc2)c1Oc1ccc(N)cc1. The van der Waals surface area contributed by atoms with E-state index in [1.807, 2.05) is 84.9 Å². The van der Waals surface area contributed by atoms with Crippen molar-refractivity contribution in [3.8, 4) is 46.0 Å². The summed E-state index contributed by atoms with van der Waals surface area (Å²) in [5.74, 6) is 4.34. The van der Waals surface area contributed by atoms with Crippen LogP contribution in [0.3, 0.4) is 0 Å². The highest BCUT2D eigenvalue weighted by molar-refractivity contribution is 5.60. The van der Waals surface area contributed by atoms with Crippen LogP contribution < -0.4 is 41.9 Å². The molecule has 0 radical (unpaired) electrons. The highest BCUT2D eigenvalue weighted by Crippen LogP contribution is 2.47. The van der Waals surface area contributed by atoms with E-state index in [9.17, 15) is 0 Å². The van der Waals surface area contributed by atoms with Crippen LogP contribution in [0.25, 0.3) is 0 Å². The summed E-state index contributed by atoms with van der Waals surface area (Å²) in [6.45, 7) is 2.08. The van der Waals surface area contributed by atoms with Gasteiger partial charge in [-0.25, -0.2) is 0 Å². The molecule has 0 atom stereocenters. The van der Waals surface area contributed by atoms with Gasteiger partial charge in [-0.1, -0.05) is 31.2 Å². The summed E-state index contributed by atoms with van der Waals surface area (Å²) in [7, 11) is 0. The Morgan fingerprint density at radius 2 is 0.652 bits per heavy atom. The van der Waals surface area contributed by atoms with E-state index in [0.717, 1.165) is 11.1 Å². The van der Waals surface area contributed by atoms with Gasteiger partial charge in [0.25, 0.3) is 0 Å². The van der Waals surface area contributed by atoms with Gasteiger partial charge >= 0.3 is 0 Å². The predicted octanol–water partition coefficient (Wildman–Crippen LogP) is 9.34. The molecule has 0 heterocycles. The quantitative estimate of drug-likeness (QED) is 0.112. The number of anilines is 4. The van der Waals surface area contributed by atoms with Crippen molar-refractivity contribution in [2.75, 3.05) is 22.9 Å². The Labute approximate surface area is 267 Å². The highest BCUT2D eigenvalue weighted by atomic mass is 16.5. The number of nitrogens with two attached hydrogens (primary N) is 4. The van der Waals surface area contributed by atoms with E-state index in [1.54, 1.807) is 48.5 Å². The first kappa shape index (κ1) is 29.8. The summed E-state index contributed by atoms with van der Waals surface area (Å²) in [5.41, 5.74) is 28.0. The third-order valence-corrected chi connectivity index (χ3v) is 7.37. The normalized spacial score (nSPS) is 10.8. The molecule has 8 N–H and O–H groups in total. The average molecular weight is 611 g/mol. The molecule has 0 aromatic heterocycles. The van der Waals surface area contributed by atoms with Gasteiger partial charge < -0.3 is 41.9 Å². The highest BCUT2D eigenvalue weighted by Gasteiger charge is 2.25. The Morgan fingerprint density at radius 1 is 0.370 bits per heavy atom. The summed E-state index contributed by atoms with van der Waals surface area (Å²) in [6.07, 6.45) is 0. The number of para-hydroxylation sites is 2. The lowest BCUT2D eigenvalue weighted by Crippen LogP contribution is -2.04. The first-order valence-electron chi connectivity index (χ1n) is 14.7. The van der Waals surface area contributed by atoms with Crippen LogP contribution in [0.4, 0.5) is 22.7 Å². The van der Waals surface area contributed by atoms with Gasteiger partial charge in [-0.2, -0.15) is 0 Å². The minimum atomic E-state index is -0.252. The summed E-state index contributed by atoms with van der Waals surface area (Å²) < 4.78 is 25.8. The van der Waals surface area contributed by atoms with Crippen LogP contribution in [0.15, 0.2) is 133 Å². The number of ether oxygens (including phenoxy) is 4. The topological polar surface area (TPSA) is 141 Å². The second-order valence-electron chi connectivity index (χ2n) is 10.8. The van der Waals surface area contributed by atoms with Gasteiger partial charge in [-0.05, 0) is 109 Å². The lowest BCUT2D eigenvalue weighted by Gasteiger charge is -2.23. The maximum atomic E-state index is 6.54. The Balaban J connectivity index is 1.45.